The van der Waals surface area contributed by atoms with Gasteiger partial charge in [-0.2, -0.15) is 0 Å². The zero-order valence-corrected chi connectivity index (χ0v) is 10.7. The molecule has 1 aromatic carbocycles. The van der Waals surface area contributed by atoms with Crippen molar-refractivity contribution in [3.63, 3.8) is 0 Å². The van der Waals surface area contributed by atoms with E-state index in [1.807, 2.05) is 30.3 Å². The van der Waals surface area contributed by atoms with Crippen molar-refractivity contribution >= 4 is 17.7 Å². The summed E-state index contributed by atoms with van der Waals surface area (Å²) >= 11 is 5.80. The molecule has 1 amide bonds. The third-order valence-electron chi connectivity index (χ3n) is 2.59. The summed E-state index contributed by atoms with van der Waals surface area (Å²) in [6.45, 7) is 0. The molecule has 1 unspecified atom stereocenters. The molecule has 0 bridgehead atoms. The molecule has 6 heteroatoms. The molecule has 0 fully saturated rings. The zero-order chi connectivity index (χ0) is 13.7. The van der Waals surface area contributed by atoms with Crippen molar-refractivity contribution in [2.24, 2.45) is 0 Å². The number of halogens is 1. The van der Waals surface area contributed by atoms with Crippen LogP contribution >= 0.6 is 11.6 Å². The second-order valence-electron chi connectivity index (χ2n) is 3.96. The molecular formula is C13H12ClN3O2. The van der Waals surface area contributed by atoms with E-state index in [-0.39, 0.29) is 5.15 Å². The third-order valence-corrected chi connectivity index (χ3v) is 2.80. The summed E-state index contributed by atoms with van der Waals surface area (Å²) in [5, 5.41) is 11.6. The summed E-state index contributed by atoms with van der Waals surface area (Å²) in [6.07, 6.45) is 0.718. The molecule has 19 heavy (non-hydrogen) atoms. The topological polar surface area (TPSA) is 75.1 Å². The van der Waals surface area contributed by atoms with Gasteiger partial charge in [-0.05, 0) is 18.1 Å². The maximum Gasteiger partial charge on any atom is 0.405 e. The van der Waals surface area contributed by atoms with Crippen molar-refractivity contribution in [1.82, 2.24) is 15.3 Å². The number of hydrogen-bond acceptors (Lipinski definition) is 3. The molecule has 0 spiro atoms. The minimum Gasteiger partial charge on any atom is -0.465 e. The molecule has 0 aliphatic heterocycles. The van der Waals surface area contributed by atoms with Gasteiger partial charge >= 0.3 is 6.09 Å². The first kappa shape index (κ1) is 13.3. The molecule has 0 aliphatic carbocycles. The van der Waals surface area contributed by atoms with Crippen LogP contribution in [0.15, 0.2) is 42.7 Å². The van der Waals surface area contributed by atoms with E-state index in [0.29, 0.717) is 12.1 Å². The van der Waals surface area contributed by atoms with Gasteiger partial charge in [0.25, 0.3) is 0 Å². The first-order valence-corrected chi connectivity index (χ1v) is 6.04. The summed E-state index contributed by atoms with van der Waals surface area (Å²) in [7, 11) is 0. The molecule has 0 aliphatic rings. The van der Waals surface area contributed by atoms with Crippen LogP contribution in [0.3, 0.4) is 0 Å². The summed E-state index contributed by atoms with van der Waals surface area (Å²) in [5.41, 5.74) is 1.56. The lowest BCUT2D eigenvalue weighted by molar-refractivity contribution is 0.189. The van der Waals surface area contributed by atoms with Crippen molar-refractivity contribution in [3.05, 3.63) is 59.1 Å². The highest BCUT2D eigenvalue weighted by molar-refractivity contribution is 6.29. The van der Waals surface area contributed by atoms with Crippen molar-refractivity contribution < 1.29 is 9.90 Å². The molecule has 0 radical (unpaired) electrons. The molecule has 2 rings (SSSR count). The number of amides is 1. The maximum atomic E-state index is 10.9. The Morgan fingerprint density at radius 1 is 1.32 bits per heavy atom. The fraction of sp³-hybridized carbons (Fsp3) is 0.154. The predicted octanol–water partition coefficient (Wildman–Crippen LogP) is 2.68. The Bertz CT molecular complexity index is 563. The molecule has 0 saturated heterocycles. The second-order valence-corrected chi connectivity index (χ2v) is 4.34. The molecule has 98 valence electrons. The Balaban J connectivity index is 2.23. The lowest BCUT2D eigenvalue weighted by Crippen LogP contribution is -2.29. The van der Waals surface area contributed by atoms with E-state index in [1.54, 1.807) is 6.07 Å². The summed E-state index contributed by atoms with van der Waals surface area (Å²) in [5.74, 6) is 0. The standard InChI is InChI=1S/C13H12ClN3O2/c14-12-7-10(15-8-16-12)11(17-13(18)19)6-9-4-2-1-3-5-9/h1-5,7-8,11,17H,6H2,(H,18,19). The van der Waals surface area contributed by atoms with Gasteiger partial charge < -0.3 is 10.4 Å². The number of nitrogens with one attached hydrogen (secondary N) is 1. The Kier molecular flexibility index (Phi) is 4.30. The predicted molar refractivity (Wildman–Crippen MR) is 71.1 cm³/mol. The van der Waals surface area contributed by atoms with Crippen molar-refractivity contribution in [3.8, 4) is 0 Å². The molecule has 2 aromatic rings. The number of nitrogens with zero attached hydrogens (tertiary/aromatic N) is 2. The third kappa shape index (κ3) is 3.93. The molecule has 1 heterocycles. The van der Waals surface area contributed by atoms with Gasteiger partial charge in [0.1, 0.15) is 11.5 Å². The van der Waals surface area contributed by atoms with Gasteiger partial charge in [0.05, 0.1) is 11.7 Å². The minimum absolute atomic E-state index is 0.287. The highest BCUT2D eigenvalue weighted by atomic mass is 35.5. The van der Waals surface area contributed by atoms with Gasteiger partial charge in [-0.1, -0.05) is 41.9 Å². The van der Waals surface area contributed by atoms with Gasteiger partial charge in [0.15, 0.2) is 0 Å². The summed E-state index contributed by atoms with van der Waals surface area (Å²) in [4.78, 5) is 18.7. The molecule has 5 nitrogen and oxygen atoms in total. The monoisotopic (exact) mass is 277 g/mol. The Hall–Kier alpha value is -2.14. The van der Waals surface area contributed by atoms with Crippen molar-refractivity contribution in [2.75, 3.05) is 0 Å². The normalized spacial score (nSPS) is 11.8. The van der Waals surface area contributed by atoms with Crippen LogP contribution in [0.5, 0.6) is 0 Å². The van der Waals surface area contributed by atoms with Crippen LogP contribution < -0.4 is 5.32 Å². The van der Waals surface area contributed by atoms with E-state index in [4.69, 9.17) is 16.7 Å². The Labute approximate surface area is 115 Å². The number of aromatic nitrogens is 2. The quantitative estimate of drug-likeness (QED) is 0.843. The number of benzene rings is 1. The SMILES string of the molecule is O=C(O)NC(Cc1ccccc1)c1cc(Cl)ncn1. The minimum atomic E-state index is -1.10. The van der Waals surface area contributed by atoms with Crippen molar-refractivity contribution in [2.45, 2.75) is 12.5 Å². The van der Waals surface area contributed by atoms with E-state index >= 15 is 0 Å². The maximum absolute atomic E-state index is 10.9. The second kappa shape index (κ2) is 6.15. The van der Waals surface area contributed by atoms with Gasteiger partial charge in [0.2, 0.25) is 0 Å². The van der Waals surface area contributed by atoms with E-state index in [2.05, 4.69) is 15.3 Å². The van der Waals surface area contributed by atoms with Crippen molar-refractivity contribution in [1.29, 1.82) is 0 Å². The zero-order valence-electron chi connectivity index (χ0n) is 9.95. The number of carbonyl (C=O) groups is 1. The van der Waals surface area contributed by atoms with Crippen LogP contribution in [-0.4, -0.2) is 21.2 Å². The number of hydrogen-bond donors (Lipinski definition) is 2. The lowest BCUT2D eigenvalue weighted by atomic mass is 10.0. The van der Waals surface area contributed by atoms with E-state index in [0.717, 1.165) is 5.56 Å². The number of rotatable bonds is 4. The number of carboxylic acid groups (broad SMARTS) is 1. The van der Waals surface area contributed by atoms with Crippen LogP contribution in [0.2, 0.25) is 5.15 Å². The first-order valence-electron chi connectivity index (χ1n) is 5.66. The summed E-state index contributed by atoms with van der Waals surface area (Å²) < 4.78 is 0. The van der Waals surface area contributed by atoms with Gasteiger partial charge in [-0.15, -0.1) is 0 Å². The van der Waals surface area contributed by atoms with Crippen LogP contribution in [0.1, 0.15) is 17.3 Å². The Morgan fingerprint density at radius 2 is 2.05 bits per heavy atom. The average molecular weight is 278 g/mol. The highest BCUT2D eigenvalue weighted by Crippen LogP contribution is 2.18. The van der Waals surface area contributed by atoms with E-state index in [9.17, 15) is 4.79 Å². The van der Waals surface area contributed by atoms with E-state index in [1.165, 1.54) is 6.33 Å². The fourth-order valence-electron chi connectivity index (χ4n) is 1.77. The first-order chi connectivity index (χ1) is 9.15. The van der Waals surface area contributed by atoms with E-state index < -0.39 is 12.1 Å². The lowest BCUT2D eigenvalue weighted by Gasteiger charge is -2.16. The van der Waals surface area contributed by atoms with Gasteiger partial charge in [-0.25, -0.2) is 14.8 Å². The van der Waals surface area contributed by atoms with Crippen LogP contribution in [0.25, 0.3) is 0 Å². The highest BCUT2D eigenvalue weighted by Gasteiger charge is 2.16. The van der Waals surface area contributed by atoms with Gasteiger partial charge in [-0.3, -0.25) is 0 Å². The van der Waals surface area contributed by atoms with Crippen LogP contribution in [-0.2, 0) is 6.42 Å². The molecule has 1 atom stereocenters. The smallest absolute Gasteiger partial charge is 0.405 e. The average Bonchev–Trinajstić information content (AvgIpc) is 2.39. The molecule has 2 N–H and O–H groups in total. The molecular weight excluding hydrogens is 266 g/mol. The van der Waals surface area contributed by atoms with Crippen LogP contribution in [0, 0.1) is 0 Å². The van der Waals surface area contributed by atoms with Gasteiger partial charge in [0, 0.05) is 0 Å². The molecule has 1 aromatic heterocycles. The Morgan fingerprint density at radius 3 is 2.68 bits per heavy atom. The fourth-order valence-corrected chi connectivity index (χ4v) is 1.92. The molecule has 0 saturated carbocycles. The summed E-state index contributed by atoms with van der Waals surface area (Å²) in [6, 6.07) is 10.7. The largest absolute Gasteiger partial charge is 0.465 e. The van der Waals surface area contributed by atoms with Crippen LogP contribution in [0.4, 0.5) is 4.79 Å².